The van der Waals surface area contributed by atoms with E-state index in [4.69, 9.17) is 4.74 Å². The van der Waals surface area contributed by atoms with E-state index in [0.29, 0.717) is 17.3 Å². The fourth-order valence-corrected chi connectivity index (χ4v) is 2.98. The Labute approximate surface area is 138 Å². The number of aryl methyl sites for hydroxylation is 2. The van der Waals surface area contributed by atoms with Gasteiger partial charge in [0.05, 0.1) is 0 Å². The molecule has 0 fully saturated rings. The second-order valence-corrected chi connectivity index (χ2v) is 6.86. The van der Waals surface area contributed by atoms with Crippen molar-refractivity contribution in [3.05, 3.63) is 29.3 Å². The predicted molar refractivity (Wildman–Crippen MR) is 90.9 cm³/mol. The van der Waals surface area contributed by atoms with Gasteiger partial charge in [0.15, 0.2) is 10.4 Å². The van der Waals surface area contributed by atoms with E-state index in [1.54, 1.807) is 0 Å². The quantitative estimate of drug-likeness (QED) is 0.643. The minimum absolute atomic E-state index is 0.204. The summed E-state index contributed by atoms with van der Waals surface area (Å²) in [7, 11) is 0. The molecule has 1 aromatic heterocycles. The predicted octanol–water partition coefficient (Wildman–Crippen LogP) is 3.67. The van der Waals surface area contributed by atoms with Crippen molar-refractivity contribution in [2.45, 2.75) is 37.6 Å². The van der Waals surface area contributed by atoms with Gasteiger partial charge in [-0.2, -0.15) is 0 Å². The highest BCUT2D eigenvalue weighted by atomic mass is 32.2. The van der Waals surface area contributed by atoms with Crippen LogP contribution in [0.15, 0.2) is 22.5 Å². The molecule has 0 aliphatic carbocycles. The number of thioether (sulfide) groups is 1. The van der Waals surface area contributed by atoms with Gasteiger partial charge in [-0.1, -0.05) is 36.1 Å². The standard InChI is InChI=1S/C15H19N3O2S2/c1-5-12(20-11-7-6-9(2)10(3)8-11)13(19)16-14-17-18-15(21-4)22-14/h6-8,12H,5H2,1-4H3,(H,16,17,19)/t12-/m1/s1. The lowest BCUT2D eigenvalue weighted by Gasteiger charge is -2.17. The number of carbonyl (C=O) groups excluding carboxylic acids is 1. The van der Waals surface area contributed by atoms with E-state index in [2.05, 4.69) is 15.5 Å². The molecule has 2 rings (SSSR count). The maximum Gasteiger partial charge on any atom is 0.267 e. The second-order valence-electron chi connectivity index (χ2n) is 4.83. The zero-order valence-corrected chi connectivity index (χ0v) is 14.7. The van der Waals surface area contributed by atoms with Crippen molar-refractivity contribution in [1.82, 2.24) is 10.2 Å². The molecule has 1 heterocycles. The maximum atomic E-state index is 12.3. The van der Waals surface area contributed by atoms with Crippen LogP contribution in [0, 0.1) is 13.8 Å². The number of nitrogens with one attached hydrogen (secondary N) is 1. The summed E-state index contributed by atoms with van der Waals surface area (Å²) in [5.41, 5.74) is 2.34. The molecule has 0 saturated carbocycles. The molecule has 0 spiro atoms. The highest BCUT2D eigenvalue weighted by Crippen LogP contribution is 2.24. The summed E-state index contributed by atoms with van der Waals surface area (Å²) in [6.07, 6.45) is 1.94. The zero-order valence-electron chi connectivity index (χ0n) is 13.0. The van der Waals surface area contributed by atoms with Crippen molar-refractivity contribution < 1.29 is 9.53 Å². The summed E-state index contributed by atoms with van der Waals surface area (Å²) in [6.45, 7) is 5.98. The number of hydrogen-bond acceptors (Lipinski definition) is 6. The first-order chi connectivity index (χ1) is 10.5. The lowest BCUT2D eigenvalue weighted by Crippen LogP contribution is -2.32. The van der Waals surface area contributed by atoms with E-state index in [1.165, 1.54) is 28.7 Å². The Balaban J connectivity index is 2.03. The summed E-state index contributed by atoms with van der Waals surface area (Å²) in [4.78, 5) is 12.3. The van der Waals surface area contributed by atoms with E-state index in [9.17, 15) is 4.79 Å². The molecule has 0 aliphatic heterocycles. The van der Waals surface area contributed by atoms with Gasteiger partial charge in [-0.3, -0.25) is 10.1 Å². The molecule has 5 nitrogen and oxygen atoms in total. The molecule has 1 aromatic carbocycles. The number of rotatable bonds is 6. The third-order valence-electron chi connectivity index (χ3n) is 3.23. The average Bonchev–Trinajstić information content (AvgIpc) is 2.95. The van der Waals surface area contributed by atoms with Crippen LogP contribution in [0.4, 0.5) is 5.13 Å². The lowest BCUT2D eigenvalue weighted by molar-refractivity contribution is -0.122. The maximum absolute atomic E-state index is 12.3. The monoisotopic (exact) mass is 337 g/mol. The second kappa shape index (κ2) is 7.60. The van der Waals surface area contributed by atoms with E-state index in [-0.39, 0.29) is 5.91 Å². The molecule has 22 heavy (non-hydrogen) atoms. The van der Waals surface area contributed by atoms with Crippen molar-refractivity contribution in [3.8, 4) is 5.75 Å². The van der Waals surface area contributed by atoms with Crippen LogP contribution in [0.2, 0.25) is 0 Å². The third kappa shape index (κ3) is 4.20. The Morgan fingerprint density at radius 3 is 2.73 bits per heavy atom. The van der Waals surface area contributed by atoms with Gasteiger partial charge in [-0.05, 0) is 49.8 Å². The molecule has 0 saturated heterocycles. The van der Waals surface area contributed by atoms with Crippen molar-refractivity contribution in [2.75, 3.05) is 11.6 Å². The van der Waals surface area contributed by atoms with E-state index in [1.807, 2.05) is 45.2 Å². The third-order valence-corrected chi connectivity index (χ3v) is 5.05. The summed E-state index contributed by atoms with van der Waals surface area (Å²) in [6, 6.07) is 5.82. The van der Waals surface area contributed by atoms with Crippen LogP contribution in [0.5, 0.6) is 5.75 Å². The summed E-state index contributed by atoms with van der Waals surface area (Å²) in [5.74, 6) is 0.497. The van der Waals surface area contributed by atoms with Gasteiger partial charge in [0.1, 0.15) is 5.75 Å². The van der Waals surface area contributed by atoms with Gasteiger partial charge in [0, 0.05) is 0 Å². The molecule has 118 valence electrons. The fraction of sp³-hybridized carbons (Fsp3) is 0.400. The number of benzene rings is 1. The molecule has 0 unspecified atom stereocenters. The van der Waals surface area contributed by atoms with Crippen LogP contribution in [-0.4, -0.2) is 28.5 Å². The minimum atomic E-state index is -0.552. The Morgan fingerprint density at radius 1 is 1.36 bits per heavy atom. The van der Waals surface area contributed by atoms with Gasteiger partial charge in [-0.15, -0.1) is 10.2 Å². The number of hydrogen-bond donors (Lipinski definition) is 1. The highest BCUT2D eigenvalue weighted by molar-refractivity contribution is 8.00. The number of ether oxygens (including phenoxy) is 1. The summed E-state index contributed by atoms with van der Waals surface area (Å²) >= 11 is 2.85. The molecule has 1 atom stereocenters. The van der Waals surface area contributed by atoms with Gasteiger partial charge in [0.25, 0.3) is 5.91 Å². The largest absolute Gasteiger partial charge is 0.481 e. The van der Waals surface area contributed by atoms with Crippen molar-refractivity contribution in [3.63, 3.8) is 0 Å². The average molecular weight is 337 g/mol. The van der Waals surface area contributed by atoms with Crippen LogP contribution in [-0.2, 0) is 4.79 Å². The van der Waals surface area contributed by atoms with E-state index < -0.39 is 6.10 Å². The smallest absolute Gasteiger partial charge is 0.267 e. The molecule has 0 bridgehead atoms. The van der Waals surface area contributed by atoms with Crippen LogP contribution in [0.1, 0.15) is 24.5 Å². The van der Waals surface area contributed by atoms with Crippen molar-refractivity contribution in [1.29, 1.82) is 0 Å². The number of anilines is 1. The summed E-state index contributed by atoms with van der Waals surface area (Å²) in [5, 5.41) is 11.1. The molecule has 0 aliphatic rings. The van der Waals surface area contributed by atoms with Crippen molar-refractivity contribution >= 4 is 34.1 Å². The van der Waals surface area contributed by atoms with Crippen LogP contribution < -0.4 is 10.1 Å². The van der Waals surface area contributed by atoms with Gasteiger partial charge in [0.2, 0.25) is 5.13 Å². The first-order valence-electron chi connectivity index (χ1n) is 6.95. The molecule has 1 N–H and O–H groups in total. The molecule has 2 aromatic rings. The van der Waals surface area contributed by atoms with Gasteiger partial charge >= 0.3 is 0 Å². The summed E-state index contributed by atoms with van der Waals surface area (Å²) < 4.78 is 6.62. The van der Waals surface area contributed by atoms with Gasteiger partial charge in [-0.25, -0.2) is 0 Å². The first-order valence-corrected chi connectivity index (χ1v) is 9.00. The van der Waals surface area contributed by atoms with Crippen LogP contribution in [0.3, 0.4) is 0 Å². The van der Waals surface area contributed by atoms with Crippen LogP contribution in [0.25, 0.3) is 0 Å². The number of nitrogens with zero attached hydrogens (tertiary/aromatic N) is 2. The normalized spacial score (nSPS) is 12.0. The van der Waals surface area contributed by atoms with E-state index >= 15 is 0 Å². The molecular weight excluding hydrogens is 318 g/mol. The highest BCUT2D eigenvalue weighted by Gasteiger charge is 2.20. The SMILES string of the molecule is CC[C@@H](Oc1ccc(C)c(C)c1)C(=O)Nc1nnc(SC)s1. The molecule has 1 amide bonds. The minimum Gasteiger partial charge on any atom is -0.481 e. The number of amides is 1. The molecular formula is C15H19N3O2S2. The Bertz CT molecular complexity index is 658. The van der Waals surface area contributed by atoms with Crippen LogP contribution >= 0.6 is 23.1 Å². The Hall–Kier alpha value is -1.60. The van der Waals surface area contributed by atoms with E-state index in [0.717, 1.165) is 9.90 Å². The number of aromatic nitrogens is 2. The fourth-order valence-electron chi connectivity index (χ4n) is 1.80. The lowest BCUT2D eigenvalue weighted by atomic mass is 10.1. The zero-order chi connectivity index (χ0) is 16.1. The Kier molecular flexibility index (Phi) is 5.79. The van der Waals surface area contributed by atoms with Crippen molar-refractivity contribution in [2.24, 2.45) is 0 Å². The topological polar surface area (TPSA) is 64.1 Å². The van der Waals surface area contributed by atoms with Gasteiger partial charge < -0.3 is 4.74 Å². The Morgan fingerprint density at radius 2 is 2.14 bits per heavy atom. The first kappa shape index (κ1) is 16.8. The molecule has 7 heteroatoms. The number of carbonyl (C=O) groups is 1. The molecule has 0 radical (unpaired) electrons.